The van der Waals surface area contributed by atoms with Crippen molar-refractivity contribution in [3.63, 3.8) is 0 Å². The van der Waals surface area contributed by atoms with Crippen LogP contribution < -0.4 is 5.32 Å². The number of aromatic nitrogens is 2. The van der Waals surface area contributed by atoms with Gasteiger partial charge in [-0.05, 0) is 35.4 Å². The van der Waals surface area contributed by atoms with Crippen LogP contribution in [0, 0.1) is 0 Å². The van der Waals surface area contributed by atoms with Gasteiger partial charge in [-0.3, -0.25) is 14.4 Å². The number of anilines is 1. The van der Waals surface area contributed by atoms with E-state index in [1.165, 1.54) is 5.56 Å². The number of rotatable bonds is 8. The van der Waals surface area contributed by atoms with Crippen LogP contribution in [0.4, 0.5) is 5.82 Å². The molecule has 1 N–H and O–H groups in total. The molecule has 5 nitrogen and oxygen atoms in total. The second-order valence-electron chi connectivity index (χ2n) is 5.12. The van der Waals surface area contributed by atoms with Crippen LogP contribution in [-0.2, 0) is 18.4 Å². The van der Waals surface area contributed by atoms with Crippen LogP contribution in [-0.4, -0.2) is 33.7 Å². The molecule has 2 rings (SSSR count). The normalized spacial score (nSPS) is 11.0. The van der Waals surface area contributed by atoms with Crippen molar-refractivity contribution in [2.45, 2.75) is 26.3 Å². The van der Waals surface area contributed by atoms with Crippen molar-refractivity contribution in [3.05, 3.63) is 34.7 Å². The second kappa shape index (κ2) is 7.95. The Kier molecular flexibility index (Phi) is 5.95. The first-order valence-electron chi connectivity index (χ1n) is 7.20. The molecule has 0 unspecified atom stereocenters. The Labute approximate surface area is 129 Å². The van der Waals surface area contributed by atoms with Gasteiger partial charge in [0.05, 0.1) is 6.54 Å². The summed E-state index contributed by atoms with van der Waals surface area (Å²) in [6, 6.07) is 3.91. The Balaban J connectivity index is 1.88. The molecule has 1 amide bonds. The predicted octanol–water partition coefficient (Wildman–Crippen LogP) is 2.72. The first-order chi connectivity index (χ1) is 10.2. The molecule has 0 fully saturated rings. The summed E-state index contributed by atoms with van der Waals surface area (Å²) in [6.45, 7) is 4.31. The zero-order valence-corrected chi connectivity index (χ0v) is 13.4. The molecular weight excluding hydrogens is 284 g/mol. The lowest BCUT2D eigenvalue weighted by Crippen LogP contribution is -2.33. The maximum Gasteiger partial charge on any atom is 0.239 e. The van der Waals surface area contributed by atoms with Crippen molar-refractivity contribution in [1.29, 1.82) is 0 Å². The Hall–Kier alpha value is -1.66. The quantitative estimate of drug-likeness (QED) is 0.816. The number of carbonyl (C=O) groups is 1. The largest absolute Gasteiger partial charge is 0.308 e. The van der Waals surface area contributed by atoms with Crippen LogP contribution in [0.25, 0.3) is 0 Å². The van der Waals surface area contributed by atoms with Gasteiger partial charge in [0.15, 0.2) is 5.82 Å². The molecule has 0 bridgehead atoms. The van der Waals surface area contributed by atoms with Crippen LogP contribution >= 0.6 is 11.3 Å². The summed E-state index contributed by atoms with van der Waals surface area (Å²) in [6.07, 6.45) is 4.04. The zero-order valence-electron chi connectivity index (χ0n) is 12.6. The highest BCUT2D eigenvalue weighted by atomic mass is 32.1. The van der Waals surface area contributed by atoms with E-state index in [9.17, 15) is 4.79 Å². The van der Waals surface area contributed by atoms with Gasteiger partial charge in [-0.25, -0.2) is 0 Å². The Bertz CT molecular complexity index is 550. The van der Waals surface area contributed by atoms with E-state index in [2.05, 4.69) is 39.1 Å². The van der Waals surface area contributed by atoms with E-state index in [4.69, 9.17) is 0 Å². The SMILES string of the molecule is CCCCN(CC(=O)Nc1ccn(C)n1)Cc1ccsc1. The van der Waals surface area contributed by atoms with Crippen molar-refractivity contribution >= 4 is 23.1 Å². The number of carbonyl (C=O) groups excluding carboxylic acids is 1. The van der Waals surface area contributed by atoms with Crippen LogP contribution in [0.2, 0.25) is 0 Å². The summed E-state index contributed by atoms with van der Waals surface area (Å²) in [5.74, 6) is 0.591. The molecule has 0 spiro atoms. The highest BCUT2D eigenvalue weighted by molar-refractivity contribution is 7.07. The minimum absolute atomic E-state index is 0.0139. The lowest BCUT2D eigenvalue weighted by Gasteiger charge is -2.20. The smallest absolute Gasteiger partial charge is 0.239 e. The first-order valence-corrected chi connectivity index (χ1v) is 8.14. The molecule has 2 heterocycles. The number of nitrogens with one attached hydrogen (secondary N) is 1. The summed E-state index contributed by atoms with van der Waals surface area (Å²) in [7, 11) is 1.83. The molecule has 0 aliphatic rings. The third kappa shape index (κ3) is 5.32. The molecule has 6 heteroatoms. The summed E-state index contributed by atoms with van der Waals surface area (Å²) in [5, 5.41) is 11.2. The van der Waals surface area contributed by atoms with Gasteiger partial charge in [-0.2, -0.15) is 16.4 Å². The number of hydrogen-bond donors (Lipinski definition) is 1. The molecular formula is C15H22N4OS. The van der Waals surface area contributed by atoms with Crippen molar-refractivity contribution in [3.8, 4) is 0 Å². The number of thiophene rings is 1. The summed E-state index contributed by atoms with van der Waals surface area (Å²) in [5.41, 5.74) is 1.27. The maximum atomic E-state index is 12.1. The van der Waals surface area contributed by atoms with Crippen molar-refractivity contribution in [2.75, 3.05) is 18.4 Å². The first kappa shape index (κ1) is 15.7. The number of nitrogens with zero attached hydrogens (tertiary/aromatic N) is 3. The zero-order chi connectivity index (χ0) is 15.1. The Morgan fingerprint density at radius 1 is 1.48 bits per heavy atom. The molecule has 2 aromatic heterocycles. The molecule has 0 atom stereocenters. The van der Waals surface area contributed by atoms with Crippen molar-refractivity contribution in [1.82, 2.24) is 14.7 Å². The van der Waals surface area contributed by atoms with Gasteiger partial charge in [0.25, 0.3) is 0 Å². The fourth-order valence-corrected chi connectivity index (χ4v) is 2.76. The topological polar surface area (TPSA) is 50.2 Å². The Morgan fingerprint density at radius 3 is 2.95 bits per heavy atom. The standard InChI is InChI=1S/C15H22N4OS/c1-3-4-7-19(10-13-6-9-21-12-13)11-15(20)16-14-5-8-18(2)17-14/h5-6,8-9,12H,3-4,7,10-11H2,1-2H3,(H,16,17,20). The molecule has 114 valence electrons. The van der Waals surface area contributed by atoms with E-state index in [0.717, 1.165) is 25.9 Å². The van der Waals surface area contributed by atoms with Gasteiger partial charge >= 0.3 is 0 Å². The van der Waals surface area contributed by atoms with Gasteiger partial charge in [0.1, 0.15) is 0 Å². The van der Waals surface area contributed by atoms with E-state index in [1.807, 2.05) is 13.2 Å². The summed E-state index contributed by atoms with van der Waals surface area (Å²) < 4.78 is 1.68. The average molecular weight is 306 g/mol. The van der Waals surface area contributed by atoms with Crippen LogP contribution in [0.15, 0.2) is 29.1 Å². The molecule has 0 radical (unpaired) electrons. The maximum absolute atomic E-state index is 12.1. The minimum atomic E-state index is -0.0139. The van der Waals surface area contributed by atoms with Gasteiger partial charge < -0.3 is 5.32 Å². The lowest BCUT2D eigenvalue weighted by atomic mass is 10.2. The number of hydrogen-bond acceptors (Lipinski definition) is 4. The third-order valence-corrected chi connectivity index (χ3v) is 3.89. The van der Waals surface area contributed by atoms with Crippen molar-refractivity contribution < 1.29 is 4.79 Å². The third-order valence-electron chi connectivity index (χ3n) is 3.16. The number of amides is 1. The monoisotopic (exact) mass is 306 g/mol. The van der Waals surface area contributed by atoms with Crippen LogP contribution in [0.1, 0.15) is 25.3 Å². The molecule has 0 saturated heterocycles. The fraction of sp³-hybridized carbons (Fsp3) is 0.467. The van der Waals surface area contributed by atoms with Gasteiger partial charge in [-0.15, -0.1) is 0 Å². The second-order valence-corrected chi connectivity index (χ2v) is 5.90. The van der Waals surface area contributed by atoms with Gasteiger partial charge in [0.2, 0.25) is 5.91 Å². The molecule has 2 aromatic rings. The van der Waals surface area contributed by atoms with Gasteiger partial charge in [0, 0.05) is 25.9 Å². The van der Waals surface area contributed by atoms with Crippen LogP contribution in [0.3, 0.4) is 0 Å². The van der Waals surface area contributed by atoms with Gasteiger partial charge in [-0.1, -0.05) is 13.3 Å². The summed E-state index contributed by atoms with van der Waals surface area (Å²) in [4.78, 5) is 14.3. The highest BCUT2D eigenvalue weighted by Gasteiger charge is 2.12. The average Bonchev–Trinajstić information content (AvgIpc) is 3.08. The van der Waals surface area contributed by atoms with E-state index >= 15 is 0 Å². The molecule has 0 aromatic carbocycles. The number of unbranched alkanes of at least 4 members (excludes halogenated alkanes) is 1. The lowest BCUT2D eigenvalue weighted by molar-refractivity contribution is -0.117. The van der Waals surface area contributed by atoms with E-state index in [1.54, 1.807) is 22.1 Å². The highest BCUT2D eigenvalue weighted by Crippen LogP contribution is 2.10. The Morgan fingerprint density at radius 2 is 2.33 bits per heavy atom. The van der Waals surface area contributed by atoms with E-state index in [0.29, 0.717) is 12.4 Å². The van der Waals surface area contributed by atoms with E-state index in [-0.39, 0.29) is 5.91 Å². The molecule has 21 heavy (non-hydrogen) atoms. The fourth-order valence-electron chi connectivity index (χ4n) is 2.10. The minimum Gasteiger partial charge on any atom is -0.308 e. The van der Waals surface area contributed by atoms with Crippen LogP contribution in [0.5, 0.6) is 0 Å². The van der Waals surface area contributed by atoms with Crippen molar-refractivity contribution in [2.24, 2.45) is 7.05 Å². The summed E-state index contributed by atoms with van der Waals surface area (Å²) >= 11 is 1.69. The number of aryl methyl sites for hydroxylation is 1. The van der Waals surface area contributed by atoms with E-state index < -0.39 is 0 Å². The molecule has 0 aliphatic carbocycles. The predicted molar refractivity (Wildman–Crippen MR) is 86.3 cm³/mol. The molecule has 0 aliphatic heterocycles. The molecule has 0 saturated carbocycles.